The van der Waals surface area contributed by atoms with Crippen LogP contribution in [-0.4, -0.2) is 12.0 Å². The molecule has 0 spiro atoms. The molecular weight excluding hydrogens is 309 g/mol. The fourth-order valence-corrected chi connectivity index (χ4v) is 2.38. The van der Waals surface area contributed by atoms with Crippen molar-refractivity contribution in [1.82, 2.24) is 4.98 Å². The molecule has 0 unspecified atom stereocenters. The lowest BCUT2D eigenvalue weighted by Crippen LogP contribution is -2.18. The van der Waals surface area contributed by atoms with E-state index in [9.17, 15) is 4.39 Å². The molecule has 0 saturated heterocycles. The third kappa shape index (κ3) is 3.11. The van der Waals surface area contributed by atoms with Gasteiger partial charge < -0.3 is 10.6 Å². The maximum Gasteiger partial charge on any atom is 0.160 e. The minimum Gasteiger partial charge on any atom is -0.368 e. The molecule has 0 fully saturated rings. The summed E-state index contributed by atoms with van der Waals surface area (Å²) in [5.74, 6) is -0.278. The molecule has 0 aliphatic carbocycles. The Hall–Kier alpha value is -1.46. The largest absolute Gasteiger partial charge is 0.368 e. The molecule has 3 nitrogen and oxygen atoms in total. The van der Waals surface area contributed by atoms with Crippen LogP contribution in [0.15, 0.2) is 41.1 Å². The number of hydrogen-bond acceptors (Lipinski definition) is 3. The van der Waals surface area contributed by atoms with Gasteiger partial charge in [-0.05, 0) is 45.3 Å². The summed E-state index contributed by atoms with van der Waals surface area (Å²) < 4.78 is 14.7. The first kappa shape index (κ1) is 14.0. The predicted molar refractivity (Wildman–Crippen MR) is 78.3 cm³/mol. The quantitative estimate of drug-likeness (QED) is 0.940. The van der Waals surface area contributed by atoms with Crippen molar-refractivity contribution in [3.8, 4) is 0 Å². The van der Waals surface area contributed by atoms with Crippen LogP contribution >= 0.6 is 15.9 Å². The standard InChI is InChI=1S/C14H15BrFN3/c1-19(9-10-4-6-18-7-5-10)12-3-2-11(8-17)13(15)14(12)16/h2-7H,8-9,17H2,1H3. The molecule has 1 aromatic heterocycles. The van der Waals surface area contributed by atoms with Crippen LogP contribution in [0, 0.1) is 5.82 Å². The summed E-state index contributed by atoms with van der Waals surface area (Å²) in [6.45, 7) is 0.930. The van der Waals surface area contributed by atoms with Gasteiger partial charge in [0.25, 0.3) is 0 Å². The highest BCUT2D eigenvalue weighted by atomic mass is 79.9. The average Bonchev–Trinajstić information content (AvgIpc) is 2.42. The zero-order valence-electron chi connectivity index (χ0n) is 10.6. The number of nitrogens with zero attached hydrogens (tertiary/aromatic N) is 2. The van der Waals surface area contributed by atoms with Crippen LogP contribution in [-0.2, 0) is 13.1 Å². The van der Waals surface area contributed by atoms with Crippen LogP contribution in [0.25, 0.3) is 0 Å². The number of benzene rings is 1. The molecule has 2 aromatic rings. The van der Waals surface area contributed by atoms with E-state index in [2.05, 4.69) is 20.9 Å². The second kappa shape index (κ2) is 6.12. The molecule has 5 heteroatoms. The van der Waals surface area contributed by atoms with Crippen molar-refractivity contribution >= 4 is 21.6 Å². The van der Waals surface area contributed by atoms with E-state index in [1.54, 1.807) is 18.5 Å². The molecule has 0 radical (unpaired) electrons. The van der Waals surface area contributed by atoms with Gasteiger partial charge in [0.15, 0.2) is 5.82 Å². The molecule has 0 aliphatic rings. The van der Waals surface area contributed by atoms with Gasteiger partial charge in [-0.25, -0.2) is 4.39 Å². The number of nitrogens with two attached hydrogens (primary N) is 1. The van der Waals surface area contributed by atoms with E-state index in [1.807, 2.05) is 30.1 Å². The monoisotopic (exact) mass is 323 g/mol. The lowest BCUT2D eigenvalue weighted by molar-refractivity contribution is 0.613. The number of aromatic nitrogens is 1. The molecule has 0 atom stereocenters. The zero-order valence-corrected chi connectivity index (χ0v) is 12.2. The average molecular weight is 324 g/mol. The van der Waals surface area contributed by atoms with Gasteiger partial charge in [-0.1, -0.05) is 6.07 Å². The Balaban J connectivity index is 2.25. The topological polar surface area (TPSA) is 42.2 Å². The zero-order chi connectivity index (χ0) is 13.8. The Bertz CT molecular complexity index is 560. The Morgan fingerprint density at radius 1 is 1.26 bits per heavy atom. The molecule has 1 heterocycles. The van der Waals surface area contributed by atoms with E-state index >= 15 is 0 Å². The number of rotatable bonds is 4. The van der Waals surface area contributed by atoms with Gasteiger partial charge in [0.2, 0.25) is 0 Å². The molecular formula is C14H15BrFN3. The minimum absolute atomic E-state index is 0.278. The second-order valence-corrected chi connectivity index (χ2v) is 5.08. The van der Waals surface area contributed by atoms with Gasteiger partial charge in [-0.15, -0.1) is 0 Å². The van der Waals surface area contributed by atoms with Crippen LogP contribution in [0.3, 0.4) is 0 Å². The highest BCUT2D eigenvalue weighted by Crippen LogP contribution is 2.29. The first-order chi connectivity index (χ1) is 9.13. The van der Waals surface area contributed by atoms with Gasteiger partial charge in [-0.3, -0.25) is 4.98 Å². The van der Waals surface area contributed by atoms with Crippen LogP contribution in [0.2, 0.25) is 0 Å². The predicted octanol–water partition coefficient (Wildman–Crippen LogP) is 3.08. The number of anilines is 1. The normalized spacial score (nSPS) is 10.5. The van der Waals surface area contributed by atoms with E-state index in [-0.39, 0.29) is 5.82 Å². The van der Waals surface area contributed by atoms with Gasteiger partial charge in [0.1, 0.15) is 0 Å². The molecule has 2 rings (SSSR count). The van der Waals surface area contributed by atoms with Crippen LogP contribution < -0.4 is 10.6 Å². The first-order valence-electron chi connectivity index (χ1n) is 5.90. The van der Waals surface area contributed by atoms with Crippen LogP contribution in [0.5, 0.6) is 0 Å². The molecule has 0 aliphatic heterocycles. The molecule has 1 aromatic carbocycles. The molecule has 0 saturated carbocycles. The fourth-order valence-electron chi connectivity index (χ4n) is 1.88. The van der Waals surface area contributed by atoms with E-state index in [1.165, 1.54) is 0 Å². The molecule has 0 amide bonds. The van der Waals surface area contributed by atoms with Gasteiger partial charge >= 0.3 is 0 Å². The summed E-state index contributed by atoms with van der Waals surface area (Å²) in [7, 11) is 1.85. The third-order valence-corrected chi connectivity index (χ3v) is 3.80. The Morgan fingerprint density at radius 3 is 2.58 bits per heavy atom. The van der Waals surface area contributed by atoms with Crippen molar-refractivity contribution in [3.63, 3.8) is 0 Å². The van der Waals surface area contributed by atoms with E-state index < -0.39 is 0 Å². The Kier molecular flexibility index (Phi) is 4.50. The van der Waals surface area contributed by atoms with Crippen LogP contribution in [0.1, 0.15) is 11.1 Å². The summed E-state index contributed by atoms with van der Waals surface area (Å²) in [5, 5.41) is 0. The summed E-state index contributed by atoms with van der Waals surface area (Å²) >= 11 is 3.25. The van der Waals surface area contributed by atoms with Crippen molar-refractivity contribution in [2.75, 3.05) is 11.9 Å². The van der Waals surface area contributed by atoms with E-state index in [4.69, 9.17) is 5.73 Å². The first-order valence-corrected chi connectivity index (χ1v) is 6.69. The molecule has 19 heavy (non-hydrogen) atoms. The van der Waals surface area contributed by atoms with E-state index in [0.29, 0.717) is 23.2 Å². The Labute approximate surface area is 120 Å². The van der Waals surface area contributed by atoms with Gasteiger partial charge in [0, 0.05) is 32.5 Å². The maximum absolute atomic E-state index is 14.2. The van der Waals surface area contributed by atoms with Crippen molar-refractivity contribution in [2.24, 2.45) is 5.73 Å². The van der Waals surface area contributed by atoms with Crippen molar-refractivity contribution < 1.29 is 4.39 Å². The summed E-state index contributed by atoms with van der Waals surface area (Å²) in [4.78, 5) is 5.82. The summed E-state index contributed by atoms with van der Waals surface area (Å²) in [6, 6.07) is 7.42. The smallest absolute Gasteiger partial charge is 0.160 e. The fraction of sp³-hybridized carbons (Fsp3) is 0.214. The SMILES string of the molecule is CN(Cc1ccncc1)c1ccc(CN)c(Br)c1F. The second-order valence-electron chi connectivity index (χ2n) is 4.29. The highest BCUT2D eigenvalue weighted by Gasteiger charge is 2.13. The van der Waals surface area contributed by atoms with Crippen molar-refractivity contribution in [2.45, 2.75) is 13.1 Å². The maximum atomic E-state index is 14.2. The Morgan fingerprint density at radius 2 is 1.95 bits per heavy atom. The molecule has 0 bridgehead atoms. The van der Waals surface area contributed by atoms with Crippen molar-refractivity contribution in [1.29, 1.82) is 0 Å². The van der Waals surface area contributed by atoms with Crippen LogP contribution in [0.4, 0.5) is 10.1 Å². The molecule has 2 N–H and O–H groups in total. The van der Waals surface area contributed by atoms with Gasteiger partial charge in [-0.2, -0.15) is 0 Å². The van der Waals surface area contributed by atoms with Gasteiger partial charge in [0.05, 0.1) is 10.2 Å². The number of halogens is 2. The highest BCUT2D eigenvalue weighted by molar-refractivity contribution is 9.10. The minimum atomic E-state index is -0.278. The number of hydrogen-bond donors (Lipinski definition) is 1. The van der Waals surface area contributed by atoms with E-state index in [0.717, 1.165) is 11.1 Å². The third-order valence-electron chi connectivity index (χ3n) is 2.94. The molecule has 100 valence electrons. The summed E-state index contributed by atoms with van der Waals surface area (Å²) in [6.07, 6.45) is 3.46. The lowest BCUT2D eigenvalue weighted by atomic mass is 10.1. The lowest BCUT2D eigenvalue weighted by Gasteiger charge is -2.21. The summed E-state index contributed by atoms with van der Waals surface area (Å²) in [5.41, 5.74) is 7.94. The van der Waals surface area contributed by atoms with Crippen molar-refractivity contribution in [3.05, 3.63) is 58.1 Å². The number of pyridine rings is 1.